The molecule has 2 aromatic carbocycles. The van der Waals surface area contributed by atoms with Crippen LogP contribution in [0.2, 0.25) is 0 Å². The van der Waals surface area contributed by atoms with E-state index in [-0.39, 0.29) is 24.3 Å². The summed E-state index contributed by atoms with van der Waals surface area (Å²) in [6.07, 6.45) is 0. The fourth-order valence-electron chi connectivity index (χ4n) is 2.62. The molecule has 0 aliphatic carbocycles. The first-order valence-electron chi connectivity index (χ1n) is 8.26. The van der Waals surface area contributed by atoms with Crippen molar-refractivity contribution < 1.29 is 18.3 Å². The molecule has 2 N–H and O–H groups in total. The standard InChI is InChI=1S/C19H19F2N3O2/c1-11(2)18(19-22-14-5-3-4-6-15(14)23-19)24-17(25)10-26-16-8-7-12(20)9-13(16)21/h3-9,11,18H,10H2,1-2H3,(H,22,23)(H,24,25). The molecular formula is C19H19F2N3O2. The second-order valence-electron chi connectivity index (χ2n) is 6.29. The van der Waals surface area contributed by atoms with Gasteiger partial charge in [-0.15, -0.1) is 0 Å². The lowest BCUT2D eigenvalue weighted by atomic mass is 10.0. The Bertz CT molecular complexity index is 891. The maximum absolute atomic E-state index is 13.6. The minimum absolute atomic E-state index is 0.0714. The number of nitrogens with zero attached hydrogens (tertiary/aromatic N) is 1. The van der Waals surface area contributed by atoms with E-state index >= 15 is 0 Å². The summed E-state index contributed by atoms with van der Waals surface area (Å²) in [4.78, 5) is 19.9. The zero-order chi connectivity index (χ0) is 18.7. The van der Waals surface area contributed by atoms with Gasteiger partial charge in [0.25, 0.3) is 5.91 Å². The molecule has 3 aromatic rings. The summed E-state index contributed by atoms with van der Waals surface area (Å²) in [5.41, 5.74) is 1.69. The molecule has 0 aliphatic rings. The Morgan fingerprint density at radius 2 is 2.00 bits per heavy atom. The number of H-pyrrole nitrogens is 1. The van der Waals surface area contributed by atoms with Crippen LogP contribution < -0.4 is 10.1 Å². The van der Waals surface area contributed by atoms with E-state index in [2.05, 4.69) is 15.3 Å². The number of hydrogen-bond acceptors (Lipinski definition) is 3. The third-order valence-corrected chi connectivity index (χ3v) is 3.94. The van der Waals surface area contributed by atoms with Gasteiger partial charge in [-0.2, -0.15) is 0 Å². The number of rotatable bonds is 6. The summed E-state index contributed by atoms with van der Waals surface area (Å²) in [6, 6.07) is 10.2. The lowest BCUT2D eigenvalue weighted by molar-refractivity contribution is -0.124. The van der Waals surface area contributed by atoms with Crippen LogP contribution in [0.25, 0.3) is 11.0 Å². The van der Waals surface area contributed by atoms with Gasteiger partial charge in [0.15, 0.2) is 18.2 Å². The van der Waals surface area contributed by atoms with Crippen molar-refractivity contribution in [3.05, 3.63) is 59.9 Å². The normalized spacial score (nSPS) is 12.3. The molecule has 0 bridgehead atoms. The number of fused-ring (bicyclic) bond motifs is 1. The molecule has 0 saturated carbocycles. The van der Waals surface area contributed by atoms with Gasteiger partial charge in [0.05, 0.1) is 17.1 Å². The van der Waals surface area contributed by atoms with Crippen molar-refractivity contribution in [2.75, 3.05) is 6.61 Å². The van der Waals surface area contributed by atoms with Crippen molar-refractivity contribution in [3.8, 4) is 5.75 Å². The second kappa shape index (κ2) is 7.51. The highest BCUT2D eigenvalue weighted by Gasteiger charge is 2.22. The number of aromatic amines is 1. The first-order valence-corrected chi connectivity index (χ1v) is 8.26. The summed E-state index contributed by atoms with van der Waals surface area (Å²) < 4.78 is 31.6. The van der Waals surface area contributed by atoms with Crippen molar-refractivity contribution in [3.63, 3.8) is 0 Å². The molecule has 1 aromatic heterocycles. The maximum atomic E-state index is 13.6. The monoisotopic (exact) mass is 359 g/mol. The van der Waals surface area contributed by atoms with Crippen LogP contribution in [-0.2, 0) is 4.79 Å². The molecule has 1 amide bonds. The van der Waals surface area contributed by atoms with Gasteiger partial charge in [-0.25, -0.2) is 13.8 Å². The number of ether oxygens (including phenoxy) is 1. The van der Waals surface area contributed by atoms with Crippen molar-refractivity contribution in [1.82, 2.24) is 15.3 Å². The first kappa shape index (κ1) is 17.8. The summed E-state index contributed by atoms with van der Waals surface area (Å²) in [7, 11) is 0. The number of benzene rings is 2. The molecule has 3 rings (SSSR count). The van der Waals surface area contributed by atoms with Crippen molar-refractivity contribution in [1.29, 1.82) is 0 Å². The molecule has 26 heavy (non-hydrogen) atoms. The fraction of sp³-hybridized carbons (Fsp3) is 0.263. The Morgan fingerprint density at radius 1 is 1.23 bits per heavy atom. The molecule has 0 radical (unpaired) electrons. The number of carbonyl (C=O) groups is 1. The molecule has 0 fully saturated rings. The maximum Gasteiger partial charge on any atom is 0.258 e. The van der Waals surface area contributed by atoms with Crippen LogP contribution in [0.5, 0.6) is 5.75 Å². The summed E-state index contributed by atoms with van der Waals surface area (Å²) >= 11 is 0. The van der Waals surface area contributed by atoms with Crippen molar-refractivity contribution in [2.45, 2.75) is 19.9 Å². The average Bonchev–Trinajstić information content (AvgIpc) is 3.02. The minimum Gasteiger partial charge on any atom is -0.481 e. The van der Waals surface area contributed by atoms with Crippen LogP contribution in [0.3, 0.4) is 0 Å². The molecule has 1 unspecified atom stereocenters. The largest absolute Gasteiger partial charge is 0.481 e. The Balaban J connectivity index is 1.68. The lowest BCUT2D eigenvalue weighted by Crippen LogP contribution is -2.35. The third kappa shape index (κ3) is 3.99. The highest BCUT2D eigenvalue weighted by atomic mass is 19.1. The van der Waals surface area contributed by atoms with Crippen LogP contribution >= 0.6 is 0 Å². The Hall–Kier alpha value is -2.96. The van der Waals surface area contributed by atoms with Crippen LogP contribution in [-0.4, -0.2) is 22.5 Å². The number of para-hydroxylation sites is 2. The SMILES string of the molecule is CC(C)C(NC(=O)COc1ccc(F)cc1F)c1nc2ccccc2[nH]1. The zero-order valence-corrected chi connectivity index (χ0v) is 14.4. The number of amides is 1. The molecule has 5 nitrogen and oxygen atoms in total. The van der Waals surface area contributed by atoms with Gasteiger partial charge in [-0.1, -0.05) is 26.0 Å². The number of halogens is 2. The van der Waals surface area contributed by atoms with Gasteiger partial charge in [-0.3, -0.25) is 4.79 Å². The van der Waals surface area contributed by atoms with E-state index in [1.807, 2.05) is 38.1 Å². The number of aromatic nitrogens is 2. The molecule has 0 spiro atoms. The predicted molar refractivity (Wildman–Crippen MR) is 93.7 cm³/mol. The fourth-order valence-corrected chi connectivity index (χ4v) is 2.62. The summed E-state index contributed by atoms with van der Waals surface area (Å²) in [5, 5.41) is 2.84. The van der Waals surface area contributed by atoms with E-state index in [0.29, 0.717) is 11.9 Å². The van der Waals surface area contributed by atoms with Crippen molar-refractivity contribution in [2.24, 2.45) is 5.92 Å². The highest BCUT2D eigenvalue weighted by molar-refractivity contribution is 5.78. The molecule has 7 heteroatoms. The van der Waals surface area contributed by atoms with E-state index < -0.39 is 17.5 Å². The Kier molecular flexibility index (Phi) is 5.16. The highest BCUT2D eigenvalue weighted by Crippen LogP contribution is 2.22. The summed E-state index contributed by atoms with van der Waals surface area (Å²) in [5.74, 6) is -1.44. The second-order valence-corrected chi connectivity index (χ2v) is 6.29. The molecular weight excluding hydrogens is 340 g/mol. The van der Waals surface area contributed by atoms with Crippen LogP contribution in [0.15, 0.2) is 42.5 Å². The van der Waals surface area contributed by atoms with Gasteiger partial charge in [-0.05, 0) is 30.2 Å². The van der Waals surface area contributed by atoms with Crippen LogP contribution in [0.1, 0.15) is 25.7 Å². The predicted octanol–water partition coefficient (Wildman–Crippen LogP) is 3.73. The molecule has 0 aliphatic heterocycles. The third-order valence-electron chi connectivity index (χ3n) is 3.94. The number of carbonyl (C=O) groups excluding carboxylic acids is 1. The van der Waals surface area contributed by atoms with Gasteiger partial charge >= 0.3 is 0 Å². The number of imidazole rings is 1. The first-order chi connectivity index (χ1) is 12.4. The molecule has 136 valence electrons. The van der Waals surface area contributed by atoms with E-state index in [4.69, 9.17) is 4.74 Å². The minimum atomic E-state index is -0.851. The van der Waals surface area contributed by atoms with Crippen LogP contribution in [0, 0.1) is 17.6 Å². The number of hydrogen-bond donors (Lipinski definition) is 2. The van der Waals surface area contributed by atoms with E-state index in [1.54, 1.807) is 0 Å². The smallest absolute Gasteiger partial charge is 0.258 e. The van der Waals surface area contributed by atoms with E-state index in [9.17, 15) is 13.6 Å². The Labute approximate surface area is 149 Å². The molecule has 1 heterocycles. The van der Waals surface area contributed by atoms with E-state index in [1.165, 1.54) is 0 Å². The van der Waals surface area contributed by atoms with Gasteiger partial charge < -0.3 is 15.0 Å². The topological polar surface area (TPSA) is 67.0 Å². The Morgan fingerprint density at radius 3 is 2.69 bits per heavy atom. The van der Waals surface area contributed by atoms with Crippen molar-refractivity contribution >= 4 is 16.9 Å². The van der Waals surface area contributed by atoms with Gasteiger partial charge in [0.2, 0.25) is 0 Å². The van der Waals surface area contributed by atoms with E-state index in [0.717, 1.165) is 23.2 Å². The van der Waals surface area contributed by atoms with Crippen LogP contribution in [0.4, 0.5) is 8.78 Å². The lowest BCUT2D eigenvalue weighted by Gasteiger charge is -2.20. The molecule has 0 saturated heterocycles. The molecule has 1 atom stereocenters. The number of nitrogens with one attached hydrogen (secondary N) is 2. The van der Waals surface area contributed by atoms with Gasteiger partial charge in [0, 0.05) is 6.07 Å². The zero-order valence-electron chi connectivity index (χ0n) is 14.4. The average molecular weight is 359 g/mol. The van der Waals surface area contributed by atoms with Gasteiger partial charge in [0.1, 0.15) is 11.6 Å². The summed E-state index contributed by atoms with van der Waals surface area (Å²) in [6.45, 7) is 3.53. The quantitative estimate of drug-likeness (QED) is 0.705.